The van der Waals surface area contributed by atoms with E-state index in [-0.39, 0.29) is 0 Å². The average molecular weight is 214 g/mol. The summed E-state index contributed by atoms with van der Waals surface area (Å²) < 4.78 is 36.9. The van der Waals surface area contributed by atoms with Crippen LogP contribution in [0, 0.1) is 6.92 Å². The highest BCUT2D eigenvalue weighted by Gasteiger charge is 2.36. The summed E-state index contributed by atoms with van der Waals surface area (Å²) in [5.41, 5.74) is 2.19. The maximum Gasteiger partial charge on any atom is 0.389 e. The van der Waals surface area contributed by atoms with Crippen molar-refractivity contribution in [3.8, 4) is 0 Å². The number of fused-ring (bicyclic) bond motifs is 1. The van der Waals surface area contributed by atoms with Gasteiger partial charge in [0.05, 0.1) is 6.42 Å². The van der Waals surface area contributed by atoms with Crippen LogP contribution in [-0.2, 0) is 0 Å². The monoisotopic (exact) mass is 214 g/mol. The minimum Gasteiger partial charge on any atom is -0.384 e. The van der Waals surface area contributed by atoms with Gasteiger partial charge in [0.1, 0.15) is 0 Å². The van der Waals surface area contributed by atoms with Crippen molar-refractivity contribution in [1.82, 2.24) is 0 Å². The fourth-order valence-corrected chi connectivity index (χ4v) is 2.04. The van der Waals surface area contributed by atoms with Gasteiger partial charge < -0.3 is 5.32 Å². The molecule has 0 saturated carbocycles. The summed E-state index contributed by atoms with van der Waals surface area (Å²) in [5.74, 6) is -0.492. The van der Waals surface area contributed by atoms with Crippen molar-refractivity contribution in [2.75, 3.05) is 11.9 Å². The van der Waals surface area contributed by atoms with E-state index in [1.54, 1.807) is 18.2 Å². The van der Waals surface area contributed by atoms with Crippen molar-refractivity contribution >= 4 is 5.69 Å². The predicted molar refractivity (Wildman–Crippen MR) is 52.8 cm³/mol. The molecule has 1 radical (unpaired) electrons. The largest absolute Gasteiger partial charge is 0.389 e. The summed E-state index contributed by atoms with van der Waals surface area (Å²) in [6, 6.07) is 5.33. The predicted octanol–water partition coefficient (Wildman–Crippen LogP) is 3.33. The minimum atomic E-state index is -4.11. The number of nitrogens with one attached hydrogen (secondary N) is 1. The van der Waals surface area contributed by atoms with Gasteiger partial charge in [-0.25, -0.2) is 0 Å². The van der Waals surface area contributed by atoms with Crippen LogP contribution in [0.3, 0.4) is 0 Å². The molecular formula is C11H11F3N. The molecule has 1 unspecified atom stereocenters. The van der Waals surface area contributed by atoms with E-state index in [9.17, 15) is 13.2 Å². The molecule has 0 aliphatic carbocycles. The van der Waals surface area contributed by atoms with Gasteiger partial charge in [-0.2, -0.15) is 13.2 Å². The molecule has 0 amide bonds. The van der Waals surface area contributed by atoms with E-state index >= 15 is 0 Å². The standard InChI is InChI=1S/C11H11F3N/c1-7-3-2-4-9-10(7)8(6-15-9)5-11(12,13)14/h2-4,8,15H,1,5-6H2. The lowest BCUT2D eigenvalue weighted by atomic mass is 9.94. The van der Waals surface area contributed by atoms with Gasteiger partial charge in [-0.05, 0) is 24.1 Å². The van der Waals surface area contributed by atoms with Crippen molar-refractivity contribution in [2.24, 2.45) is 0 Å². The lowest BCUT2D eigenvalue weighted by Crippen LogP contribution is -2.15. The van der Waals surface area contributed by atoms with Crippen LogP contribution in [0.5, 0.6) is 0 Å². The normalized spacial score (nSPS) is 19.9. The fourth-order valence-electron chi connectivity index (χ4n) is 2.04. The third-order valence-electron chi connectivity index (χ3n) is 2.62. The van der Waals surface area contributed by atoms with E-state index in [1.165, 1.54) is 0 Å². The van der Waals surface area contributed by atoms with Gasteiger partial charge in [0.2, 0.25) is 0 Å². The first-order chi connectivity index (χ1) is 6.97. The van der Waals surface area contributed by atoms with Gasteiger partial charge in [-0.15, -0.1) is 0 Å². The van der Waals surface area contributed by atoms with Crippen LogP contribution in [0.2, 0.25) is 0 Å². The molecule has 0 bridgehead atoms. The number of hydrogen-bond donors (Lipinski definition) is 1. The Bertz CT molecular complexity index is 371. The SMILES string of the molecule is [CH2]c1cccc2c1C(CC(F)(F)F)CN2. The van der Waals surface area contributed by atoms with Crippen molar-refractivity contribution < 1.29 is 13.2 Å². The second-order valence-electron chi connectivity index (χ2n) is 3.78. The van der Waals surface area contributed by atoms with E-state index in [2.05, 4.69) is 12.2 Å². The zero-order valence-corrected chi connectivity index (χ0v) is 8.06. The van der Waals surface area contributed by atoms with E-state index in [0.29, 0.717) is 12.1 Å². The highest BCUT2D eigenvalue weighted by molar-refractivity contribution is 5.61. The molecule has 1 aliphatic heterocycles. The first kappa shape index (κ1) is 10.3. The Kier molecular flexibility index (Phi) is 2.37. The first-order valence-electron chi connectivity index (χ1n) is 4.73. The molecule has 1 aromatic rings. The maximum absolute atomic E-state index is 12.3. The van der Waals surface area contributed by atoms with Crippen LogP contribution in [0.15, 0.2) is 18.2 Å². The van der Waals surface area contributed by atoms with Crippen molar-refractivity contribution in [2.45, 2.75) is 18.5 Å². The molecule has 2 rings (SSSR count). The average Bonchev–Trinajstić information content (AvgIpc) is 2.47. The highest BCUT2D eigenvalue weighted by Crippen LogP contribution is 2.40. The van der Waals surface area contributed by atoms with Crippen molar-refractivity contribution in [3.63, 3.8) is 0 Å². The van der Waals surface area contributed by atoms with Crippen LogP contribution >= 0.6 is 0 Å². The van der Waals surface area contributed by atoms with E-state index < -0.39 is 18.5 Å². The van der Waals surface area contributed by atoms with Gasteiger partial charge in [-0.1, -0.05) is 12.1 Å². The van der Waals surface area contributed by atoms with E-state index in [4.69, 9.17) is 0 Å². The number of rotatable bonds is 1. The lowest BCUT2D eigenvalue weighted by Gasteiger charge is -2.14. The van der Waals surface area contributed by atoms with Crippen molar-refractivity contribution in [3.05, 3.63) is 36.2 Å². The Morgan fingerprint density at radius 1 is 1.40 bits per heavy atom. The molecule has 1 atom stereocenters. The molecule has 0 spiro atoms. The number of anilines is 1. The Morgan fingerprint density at radius 3 is 2.80 bits per heavy atom. The third-order valence-corrected chi connectivity index (χ3v) is 2.62. The molecule has 1 aromatic carbocycles. The summed E-state index contributed by atoms with van der Waals surface area (Å²) in [7, 11) is 0. The fraction of sp³-hybridized carbons (Fsp3) is 0.364. The maximum atomic E-state index is 12.3. The molecule has 0 fully saturated rings. The van der Waals surface area contributed by atoms with Crippen LogP contribution < -0.4 is 5.32 Å². The molecule has 1 heterocycles. The number of halogens is 3. The molecule has 81 valence electrons. The zero-order chi connectivity index (χ0) is 11.1. The quantitative estimate of drug-likeness (QED) is 0.756. The molecule has 0 saturated heterocycles. The molecule has 4 heteroatoms. The minimum absolute atomic E-state index is 0.349. The van der Waals surface area contributed by atoms with Gasteiger partial charge in [0.15, 0.2) is 0 Å². The molecular weight excluding hydrogens is 203 g/mol. The summed E-state index contributed by atoms with van der Waals surface area (Å²) in [5, 5.41) is 2.97. The first-order valence-corrected chi connectivity index (χ1v) is 4.73. The second kappa shape index (κ2) is 3.43. The van der Waals surface area contributed by atoms with Crippen LogP contribution in [0.4, 0.5) is 18.9 Å². The zero-order valence-electron chi connectivity index (χ0n) is 8.06. The molecule has 15 heavy (non-hydrogen) atoms. The Labute approximate surface area is 86.3 Å². The van der Waals surface area contributed by atoms with Gasteiger partial charge in [0, 0.05) is 18.2 Å². The molecule has 1 aliphatic rings. The van der Waals surface area contributed by atoms with Crippen LogP contribution in [-0.4, -0.2) is 12.7 Å². The van der Waals surface area contributed by atoms with Gasteiger partial charge in [-0.3, -0.25) is 0 Å². The molecule has 0 aromatic heterocycles. The van der Waals surface area contributed by atoms with Gasteiger partial charge in [0.25, 0.3) is 0 Å². The summed E-state index contributed by atoms with van der Waals surface area (Å²) in [6.45, 7) is 4.11. The second-order valence-corrected chi connectivity index (χ2v) is 3.78. The Balaban J connectivity index is 2.28. The summed E-state index contributed by atoms with van der Waals surface area (Å²) in [6.07, 6.45) is -4.89. The van der Waals surface area contributed by atoms with Crippen LogP contribution in [0.1, 0.15) is 23.5 Å². The Morgan fingerprint density at radius 2 is 2.13 bits per heavy atom. The van der Waals surface area contributed by atoms with E-state index in [0.717, 1.165) is 11.3 Å². The topological polar surface area (TPSA) is 12.0 Å². The smallest absolute Gasteiger partial charge is 0.384 e. The summed E-state index contributed by atoms with van der Waals surface area (Å²) >= 11 is 0. The van der Waals surface area contributed by atoms with E-state index in [1.807, 2.05) is 0 Å². The summed E-state index contributed by atoms with van der Waals surface area (Å²) in [4.78, 5) is 0. The molecule has 1 nitrogen and oxygen atoms in total. The Hall–Kier alpha value is -1.19. The number of hydrogen-bond acceptors (Lipinski definition) is 1. The number of benzene rings is 1. The van der Waals surface area contributed by atoms with Crippen LogP contribution in [0.25, 0.3) is 0 Å². The van der Waals surface area contributed by atoms with Gasteiger partial charge >= 0.3 is 6.18 Å². The number of alkyl halides is 3. The van der Waals surface area contributed by atoms with Crippen molar-refractivity contribution in [1.29, 1.82) is 0 Å². The lowest BCUT2D eigenvalue weighted by molar-refractivity contribution is -0.137. The third kappa shape index (κ3) is 2.08. The molecule has 1 N–H and O–H groups in total. The highest BCUT2D eigenvalue weighted by atomic mass is 19.4.